The van der Waals surface area contributed by atoms with E-state index in [-0.39, 0.29) is 0 Å². The van der Waals surface area contributed by atoms with E-state index >= 15 is 0 Å². The zero-order valence-electron chi connectivity index (χ0n) is 18.1. The maximum Gasteiger partial charge on any atom is 0.119 e. The zero-order valence-corrected chi connectivity index (χ0v) is 18.1. The molecule has 0 aliphatic carbocycles. The molecule has 0 amide bonds. The van der Waals surface area contributed by atoms with Gasteiger partial charge >= 0.3 is 0 Å². The number of aryl methyl sites for hydroxylation is 1. The molecule has 0 heterocycles. The summed E-state index contributed by atoms with van der Waals surface area (Å²) in [5.74, 6) is 1.78. The minimum atomic E-state index is 0.750. The van der Waals surface area contributed by atoms with Crippen molar-refractivity contribution < 1.29 is 9.53 Å². The van der Waals surface area contributed by atoms with E-state index in [2.05, 4.69) is 53.7 Å². The highest BCUT2D eigenvalue weighted by atomic mass is 16.5. The van der Waals surface area contributed by atoms with Crippen LogP contribution in [0.25, 0.3) is 0 Å². The van der Waals surface area contributed by atoms with Gasteiger partial charge in [0.25, 0.3) is 0 Å². The fraction of sp³-hybridized carbons (Fsp3) is 0.682. The van der Waals surface area contributed by atoms with Gasteiger partial charge in [-0.3, -0.25) is 0 Å². The third-order valence-electron chi connectivity index (χ3n) is 2.25. The monoisotopic (exact) mass is 340 g/mol. The van der Waals surface area contributed by atoms with Crippen molar-refractivity contribution in [2.75, 3.05) is 7.11 Å². The molecule has 0 radical (unpaired) electrons. The lowest BCUT2D eigenvalue weighted by atomic mass is 10.2. The highest BCUT2D eigenvalue weighted by molar-refractivity contribution is 5.44. The van der Waals surface area contributed by atoms with Crippen molar-refractivity contribution in [3.05, 3.63) is 29.8 Å². The lowest BCUT2D eigenvalue weighted by molar-refractivity contribution is -0.106. The van der Waals surface area contributed by atoms with Crippen molar-refractivity contribution in [1.82, 2.24) is 0 Å². The second-order valence-electron chi connectivity index (χ2n) is 5.53. The molecule has 2 heteroatoms. The van der Waals surface area contributed by atoms with Crippen LogP contribution in [0.5, 0.6) is 5.75 Å². The van der Waals surface area contributed by atoms with Gasteiger partial charge in [-0.2, -0.15) is 0 Å². The Balaban J connectivity index is -0.000000122. The Hall–Kier alpha value is -1.31. The van der Waals surface area contributed by atoms with E-state index in [1.807, 2.05) is 26.0 Å². The second-order valence-corrected chi connectivity index (χ2v) is 5.53. The summed E-state index contributed by atoms with van der Waals surface area (Å²) in [4.78, 5) is 8.81. The van der Waals surface area contributed by atoms with E-state index in [0.29, 0.717) is 0 Å². The predicted molar refractivity (Wildman–Crippen MR) is 111 cm³/mol. The van der Waals surface area contributed by atoms with Crippen molar-refractivity contribution in [3.63, 3.8) is 0 Å². The van der Waals surface area contributed by atoms with Gasteiger partial charge < -0.3 is 9.53 Å². The van der Waals surface area contributed by atoms with Crippen LogP contribution in [-0.2, 0) is 11.2 Å². The quantitative estimate of drug-likeness (QED) is 0.536. The highest BCUT2D eigenvalue weighted by Crippen LogP contribution is 2.12. The number of unbranched alkanes of at least 4 members (excludes halogenated alkanes) is 2. The van der Waals surface area contributed by atoms with E-state index in [0.717, 1.165) is 24.4 Å². The van der Waals surface area contributed by atoms with Crippen LogP contribution < -0.4 is 4.74 Å². The van der Waals surface area contributed by atoms with Crippen LogP contribution >= 0.6 is 0 Å². The molecule has 0 fully saturated rings. The van der Waals surface area contributed by atoms with Crippen molar-refractivity contribution in [2.45, 2.75) is 88.0 Å². The van der Waals surface area contributed by atoms with E-state index in [4.69, 9.17) is 9.53 Å². The predicted octanol–water partition coefficient (Wildman–Crippen LogP) is 7.35. The molecule has 0 aliphatic rings. The Labute approximate surface area is 153 Å². The number of benzene rings is 1. The first-order valence-corrected chi connectivity index (χ1v) is 9.45. The molecule has 0 unspecified atom stereocenters. The van der Waals surface area contributed by atoms with Gasteiger partial charge in [0.1, 0.15) is 12.0 Å². The molecule has 144 valence electrons. The molecule has 1 aromatic carbocycles. The number of hydrogen-bond acceptors (Lipinski definition) is 2. The van der Waals surface area contributed by atoms with Crippen molar-refractivity contribution in [3.8, 4) is 5.75 Å². The van der Waals surface area contributed by atoms with Gasteiger partial charge in [0.15, 0.2) is 0 Å². The van der Waals surface area contributed by atoms with E-state index in [1.54, 1.807) is 7.11 Å². The summed E-state index contributed by atoms with van der Waals surface area (Å²) in [6.07, 6.45) is 5.89. The largest absolute Gasteiger partial charge is 0.497 e. The standard InChI is InChI=1S/C9H12O.C5H12.C4H10.C2H4O.C2H6/c1-3-8-5-4-6-9(7-8)10-2;1-3-5-4-2;1-4(2)3;1-2-3;1-2/h4-7H,3H2,1-2H3;3-5H2,1-2H3;4H,1-3H3;2H,1H3;1-2H3. The number of rotatable bonds is 4. The Morgan fingerprint density at radius 3 is 1.71 bits per heavy atom. The fourth-order valence-corrected chi connectivity index (χ4v) is 1.25. The highest BCUT2D eigenvalue weighted by Gasteiger charge is 1.90. The molecule has 1 aromatic rings. The first-order chi connectivity index (χ1) is 11.4. The number of aldehydes is 1. The molecule has 0 bridgehead atoms. The number of methoxy groups -OCH3 is 1. The van der Waals surface area contributed by atoms with Gasteiger partial charge in [-0.1, -0.05) is 86.8 Å². The molecule has 2 nitrogen and oxygen atoms in total. The molecule has 0 atom stereocenters. The smallest absolute Gasteiger partial charge is 0.119 e. The zero-order chi connectivity index (χ0) is 19.8. The van der Waals surface area contributed by atoms with Gasteiger partial charge in [0, 0.05) is 0 Å². The van der Waals surface area contributed by atoms with E-state index < -0.39 is 0 Å². The molecular formula is C22H44O2. The van der Waals surface area contributed by atoms with Crippen molar-refractivity contribution >= 4 is 6.29 Å². The molecule has 0 saturated carbocycles. The van der Waals surface area contributed by atoms with Crippen LogP contribution in [0.1, 0.15) is 87.1 Å². The number of ether oxygens (including phenoxy) is 1. The van der Waals surface area contributed by atoms with Gasteiger partial charge in [-0.05, 0) is 37.0 Å². The van der Waals surface area contributed by atoms with Gasteiger partial charge in [-0.15, -0.1) is 0 Å². The minimum Gasteiger partial charge on any atom is -0.497 e. The van der Waals surface area contributed by atoms with Crippen LogP contribution in [0.15, 0.2) is 24.3 Å². The molecular weight excluding hydrogens is 296 g/mol. The Kier molecular flexibility index (Phi) is 37.8. The average Bonchev–Trinajstić information content (AvgIpc) is 2.58. The third-order valence-corrected chi connectivity index (χ3v) is 2.25. The Morgan fingerprint density at radius 1 is 1.04 bits per heavy atom. The minimum absolute atomic E-state index is 0.750. The topological polar surface area (TPSA) is 26.3 Å². The second kappa shape index (κ2) is 29.7. The van der Waals surface area contributed by atoms with Crippen LogP contribution in [0.4, 0.5) is 0 Å². The SMILES string of the molecule is CC.CC(C)C.CC=O.CCCCC.CCc1cccc(OC)c1. The summed E-state index contributed by atoms with van der Waals surface area (Å²) in [6, 6.07) is 8.12. The van der Waals surface area contributed by atoms with Gasteiger partial charge in [-0.25, -0.2) is 0 Å². The van der Waals surface area contributed by atoms with Gasteiger partial charge in [0.05, 0.1) is 7.11 Å². The van der Waals surface area contributed by atoms with Crippen LogP contribution in [0, 0.1) is 5.92 Å². The summed E-state index contributed by atoms with van der Waals surface area (Å²) in [5.41, 5.74) is 1.32. The first-order valence-electron chi connectivity index (χ1n) is 9.45. The first kappa shape index (κ1) is 30.6. The summed E-state index contributed by atoms with van der Waals surface area (Å²) in [5, 5.41) is 0. The van der Waals surface area contributed by atoms with E-state index in [1.165, 1.54) is 31.7 Å². The molecule has 0 aromatic heterocycles. The van der Waals surface area contributed by atoms with Crippen LogP contribution in [-0.4, -0.2) is 13.4 Å². The third kappa shape index (κ3) is 37.2. The average molecular weight is 341 g/mol. The number of hydrogen-bond donors (Lipinski definition) is 0. The maximum absolute atomic E-state index is 8.81. The Bertz CT molecular complexity index is 295. The lowest BCUT2D eigenvalue weighted by Crippen LogP contribution is -1.84. The molecule has 1 rings (SSSR count). The lowest BCUT2D eigenvalue weighted by Gasteiger charge is -2.00. The molecule has 0 saturated heterocycles. The molecule has 0 spiro atoms. The number of carbonyl (C=O) groups is 1. The number of carbonyl (C=O) groups excluding carboxylic acids is 1. The maximum atomic E-state index is 8.81. The molecule has 0 aliphatic heterocycles. The summed E-state index contributed by atoms with van der Waals surface area (Å²) in [7, 11) is 1.69. The summed E-state index contributed by atoms with van der Waals surface area (Å²) < 4.78 is 5.06. The molecule has 24 heavy (non-hydrogen) atoms. The normalized spacial score (nSPS) is 7.96. The van der Waals surface area contributed by atoms with Crippen molar-refractivity contribution in [1.29, 1.82) is 0 Å². The molecule has 0 N–H and O–H groups in total. The van der Waals surface area contributed by atoms with E-state index in [9.17, 15) is 0 Å². The Morgan fingerprint density at radius 2 is 1.46 bits per heavy atom. The summed E-state index contributed by atoms with van der Waals surface area (Å²) >= 11 is 0. The van der Waals surface area contributed by atoms with Crippen molar-refractivity contribution in [2.24, 2.45) is 5.92 Å². The summed E-state index contributed by atoms with van der Waals surface area (Å²) in [6.45, 7) is 18.5. The van der Waals surface area contributed by atoms with Crippen LogP contribution in [0.2, 0.25) is 0 Å². The van der Waals surface area contributed by atoms with Crippen LogP contribution in [0.3, 0.4) is 0 Å². The van der Waals surface area contributed by atoms with Gasteiger partial charge in [0.2, 0.25) is 0 Å². The fourth-order valence-electron chi connectivity index (χ4n) is 1.25.